The van der Waals surface area contributed by atoms with Crippen LogP contribution in [0.4, 0.5) is 0 Å². The Morgan fingerprint density at radius 2 is 1.55 bits per heavy atom. The molecule has 1 radical (unpaired) electrons. The van der Waals surface area contributed by atoms with Crippen LogP contribution in [0.25, 0.3) is 30.1 Å². The van der Waals surface area contributed by atoms with E-state index in [0.29, 0.717) is 40.6 Å². The molecule has 0 amide bonds. The molecule has 0 saturated heterocycles. The Labute approximate surface area is 266 Å². The van der Waals surface area contributed by atoms with Gasteiger partial charge in [-0.1, -0.05) is 65.9 Å². The van der Waals surface area contributed by atoms with Gasteiger partial charge >= 0.3 is 29.0 Å². The minimum Gasteiger partial charge on any atom is -0.658 e. The van der Waals surface area contributed by atoms with Gasteiger partial charge in [0.2, 0.25) is 0 Å². The van der Waals surface area contributed by atoms with E-state index in [1.165, 1.54) is 0 Å². The van der Waals surface area contributed by atoms with Gasteiger partial charge in [0.25, 0.3) is 0 Å². The van der Waals surface area contributed by atoms with Gasteiger partial charge in [0.15, 0.2) is 0 Å². The number of fused-ring (bicyclic) bond motifs is 8. The summed E-state index contributed by atoms with van der Waals surface area (Å²) in [7, 11) is 0. The Kier molecular flexibility index (Phi) is 9.37. The van der Waals surface area contributed by atoms with Crippen molar-refractivity contribution in [2.24, 2.45) is 0 Å². The number of rotatable bonds is 8. The van der Waals surface area contributed by atoms with E-state index in [9.17, 15) is 24.9 Å². The van der Waals surface area contributed by atoms with E-state index in [1.807, 2.05) is 45.9 Å². The third-order valence-electron chi connectivity index (χ3n) is 8.69. The molecule has 44 heavy (non-hydrogen) atoms. The summed E-state index contributed by atoms with van der Waals surface area (Å²) in [6, 6.07) is -0.698. The Hall–Kier alpha value is -4.40. The number of aliphatic hydroxyl groups excluding tert-OH is 1. The van der Waals surface area contributed by atoms with Gasteiger partial charge in [0.1, 0.15) is 5.76 Å². The van der Waals surface area contributed by atoms with Crippen molar-refractivity contribution >= 4 is 42.0 Å². The van der Waals surface area contributed by atoms with Gasteiger partial charge in [-0.25, -0.2) is 0 Å². The molecule has 0 fully saturated rings. The number of allylic oxidation sites excluding steroid dienone is 2. The van der Waals surface area contributed by atoms with E-state index in [2.05, 4.69) is 23.8 Å². The number of carbonyl (C=O) groups is 2. The number of hydrogen-bond donors (Lipinski definition) is 5. The predicted octanol–water partition coefficient (Wildman–Crippen LogP) is 3.35. The molecule has 3 aliphatic heterocycles. The molecule has 0 spiro atoms. The molecule has 10 heteroatoms. The SMILES string of the molecule is C=CC1=C(C)C2=C(O)c3[n-]c(c(C)c3C=C)C=C3NC(C=c4[n-]c(c(C)c4CCC(=O)O)=CC1N2)C(CCC(=O)O)=C3C.[Fe+5]. The van der Waals surface area contributed by atoms with Gasteiger partial charge in [0.05, 0.1) is 17.8 Å². The molecule has 0 aromatic carbocycles. The van der Waals surface area contributed by atoms with Crippen LogP contribution in [0.2, 0.25) is 0 Å². The maximum atomic E-state index is 11.6. The van der Waals surface area contributed by atoms with E-state index >= 15 is 0 Å². The fourth-order valence-electron chi connectivity index (χ4n) is 6.22. The van der Waals surface area contributed by atoms with Crippen molar-refractivity contribution < 1.29 is 42.0 Å². The molecule has 2 aromatic rings. The fraction of sp³-hybridized carbons (Fsp3) is 0.294. The zero-order chi connectivity index (χ0) is 31.2. The average Bonchev–Trinajstić information content (AvgIpc) is 3.63. The number of hydrogen-bond acceptors (Lipinski definition) is 5. The van der Waals surface area contributed by atoms with E-state index < -0.39 is 11.9 Å². The Morgan fingerprint density at radius 3 is 2.18 bits per heavy atom. The second kappa shape index (κ2) is 12.7. The number of nitrogens with zero attached hydrogens (tertiary/aromatic N) is 2. The van der Waals surface area contributed by atoms with Crippen LogP contribution >= 0.6 is 0 Å². The van der Waals surface area contributed by atoms with Crippen molar-refractivity contribution in [3.8, 4) is 0 Å². The van der Waals surface area contributed by atoms with Gasteiger partial charge in [-0.05, 0) is 68.4 Å². The smallest absolute Gasteiger partial charge is 0.658 e. The first kappa shape index (κ1) is 32.5. The molecule has 2 unspecified atom stereocenters. The van der Waals surface area contributed by atoms with Crippen LogP contribution in [0, 0.1) is 13.8 Å². The molecule has 5 N–H and O–H groups in total. The molecule has 2 aromatic heterocycles. The number of aliphatic hydroxyl groups is 1. The third-order valence-corrected chi connectivity index (χ3v) is 8.69. The average molecular weight is 637 g/mol. The maximum absolute atomic E-state index is 11.6. The number of aliphatic carboxylic acids is 2. The molecular formula is C34H36FeN4O5+3. The first-order valence-corrected chi connectivity index (χ1v) is 14.3. The van der Waals surface area contributed by atoms with Crippen molar-refractivity contribution in [3.63, 3.8) is 0 Å². The van der Waals surface area contributed by atoms with Crippen molar-refractivity contribution in [1.82, 2.24) is 20.6 Å². The van der Waals surface area contributed by atoms with E-state index in [-0.39, 0.29) is 47.8 Å². The van der Waals surface area contributed by atoms with E-state index in [1.54, 1.807) is 12.2 Å². The molecule has 9 nitrogen and oxygen atoms in total. The molecule has 8 bridgehead atoms. The van der Waals surface area contributed by atoms with Crippen molar-refractivity contribution in [2.45, 2.75) is 65.5 Å². The van der Waals surface area contributed by atoms with Gasteiger partial charge < -0.3 is 35.9 Å². The van der Waals surface area contributed by atoms with Crippen LogP contribution in [-0.4, -0.2) is 39.3 Å². The van der Waals surface area contributed by atoms with Crippen LogP contribution < -0.4 is 31.3 Å². The number of nitrogens with one attached hydrogen (secondary N) is 2. The zero-order valence-electron chi connectivity index (χ0n) is 25.2. The normalized spacial score (nSPS) is 19.0. The van der Waals surface area contributed by atoms with Gasteiger partial charge in [-0.2, -0.15) is 0 Å². The first-order chi connectivity index (χ1) is 20.4. The number of carboxylic acids is 2. The quantitative estimate of drug-likeness (QED) is 0.276. The minimum atomic E-state index is -0.900. The summed E-state index contributed by atoms with van der Waals surface area (Å²) in [5.74, 6) is -1.79. The molecule has 227 valence electrons. The molecule has 5 heterocycles. The van der Waals surface area contributed by atoms with Crippen LogP contribution in [0.1, 0.15) is 66.8 Å². The minimum absolute atomic E-state index is 0. The standard InChI is InChI=1S/C34H36N4O5.Fe/c1-7-20-19(6)32-34(43)33-21(8-2)16(3)26(37-33)13-24-17(4)22(9-11-30(39)40)28(35-24)15-29-23(10-12-31(41)42)18(5)25(36-29)14-27(20)38-32;/h7-8,13-15,27-28,35,38,43H,1-2,9-12H2,3-6H3,(H,39,40)(H,41,42);/q-2;+5. The number of aromatic nitrogens is 2. The summed E-state index contributed by atoms with van der Waals surface area (Å²) in [5, 5.41) is 38.8. The first-order valence-electron chi connectivity index (χ1n) is 14.3. The summed E-state index contributed by atoms with van der Waals surface area (Å²) in [6.07, 6.45) is 9.84. The number of carboxylic acid groups (broad SMARTS) is 2. The fourth-order valence-corrected chi connectivity index (χ4v) is 6.22. The molecular weight excluding hydrogens is 600 g/mol. The second-order valence-corrected chi connectivity index (χ2v) is 11.2. The van der Waals surface area contributed by atoms with Crippen molar-refractivity contribution in [1.29, 1.82) is 0 Å². The summed E-state index contributed by atoms with van der Waals surface area (Å²) < 4.78 is 0. The predicted molar refractivity (Wildman–Crippen MR) is 167 cm³/mol. The molecule has 2 atom stereocenters. The van der Waals surface area contributed by atoms with E-state index in [0.717, 1.165) is 50.2 Å². The van der Waals surface area contributed by atoms with Gasteiger partial charge in [-0.3, -0.25) is 9.59 Å². The summed E-state index contributed by atoms with van der Waals surface area (Å²) in [5.41, 5.74) is 9.20. The summed E-state index contributed by atoms with van der Waals surface area (Å²) in [6.45, 7) is 15.7. The van der Waals surface area contributed by atoms with Crippen molar-refractivity contribution in [3.05, 3.63) is 97.3 Å². The Morgan fingerprint density at radius 1 is 0.886 bits per heavy atom. The van der Waals surface area contributed by atoms with Crippen LogP contribution in [0.15, 0.2) is 52.9 Å². The Balaban J connectivity index is 0.00000442. The summed E-state index contributed by atoms with van der Waals surface area (Å²) >= 11 is 0. The molecule has 0 aliphatic carbocycles. The maximum Gasteiger partial charge on any atom is 5.00 e. The van der Waals surface area contributed by atoms with Gasteiger partial charge in [0, 0.05) is 18.5 Å². The van der Waals surface area contributed by atoms with Crippen molar-refractivity contribution in [2.75, 3.05) is 0 Å². The van der Waals surface area contributed by atoms with Crippen LogP contribution in [0.3, 0.4) is 0 Å². The van der Waals surface area contributed by atoms with Crippen LogP contribution in [0.5, 0.6) is 0 Å². The zero-order valence-corrected chi connectivity index (χ0v) is 26.3. The molecule has 0 saturated carbocycles. The Bertz CT molecular complexity index is 1830. The second-order valence-electron chi connectivity index (χ2n) is 11.2. The van der Waals surface area contributed by atoms with E-state index in [4.69, 9.17) is 9.97 Å². The topological polar surface area (TPSA) is 147 Å². The van der Waals surface area contributed by atoms with Gasteiger partial charge in [-0.15, -0.1) is 16.4 Å². The summed E-state index contributed by atoms with van der Waals surface area (Å²) in [4.78, 5) is 32.9. The molecule has 5 rings (SSSR count). The molecule has 3 aliphatic rings. The third kappa shape index (κ3) is 5.75. The monoisotopic (exact) mass is 636 g/mol. The largest absolute Gasteiger partial charge is 5.00 e. The van der Waals surface area contributed by atoms with Crippen LogP contribution in [-0.2, 0) is 33.1 Å².